The largest absolute Gasteiger partial charge is 0.833 e. The molecule has 0 saturated heterocycles. The van der Waals surface area contributed by atoms with Crippen molar-refractivity contribution in [2.45, 2.75) is 6.23 Å². The van der Waals surface area contributed by atoms with E-state index in [-0.39, 0.29) is 0 Å². The van der Waals surface area contributed by atoms with Gasteiger partial charge in [0.2, 0.25) is 0 Å². The van der Waals surface area contributed by atoms with Crippen LogP contribution in [0.1, 0.15) is 0 Å². The molecule has 1 aliphatic rings. The molecule has 1 unspecified atom stereocenters. The van der Waals surface area contributed by atoms with Gasteiger partial charge in [0.15, 0.2) is 5.96 Å². The summed E-state index contributed by atoms with van der Waals surface area (Å²) >= 11 is 0. The second-order valence-electron chi connectivity index (χ2n) is 1.82. The molecule has 1 atom stereocenters. The first kappa shape index (κ1) is 5.37. The Kier molecular flexibility index (Phi) is 1.09. The summed E-state index contributed by atoms with van der Waals surface area (Å²) in [6.45, 7) is 0.409. The van der Waals surface area contributed by atoms with Crippen LogP contribution in [0.5, 0.6) is 0 Å². The van der Waals surface area contributed by atoms with Crippen LogP contribution in [0.25, 0.3) is 0 Å². The summed E-state index contributed by atoms with van der Waals surface area (Å²) in [5, 5.41) is 10.4. The molecule has 0 amide bonds. The van der Waals surface area contributed by atoms with E-state index >= 15 is 0 Å². The lowest BCUT2D eigenvalue weighted by Gasteiger charge is -2.13. The van der Waals surface area contributed by atoms with Gasteiger partial charge in [0.25, 0.3) is 0 Å². The van der Waals surface area contributed by atoms with Crippen molar-refractivity contribution in [1.29, 1.82) is 0 Å². The fraction of sp³-hybridized carbons (Fsp3) is 0.750. The Morgan fingerprint density at radius 3 is 2.75 bits per heavy atom. The average Bonchev–Trinajstić information content (AvgIpc) is 1.85. The van der Waals surface area contributed by atoms with Crippen LogP contribution < -0.4 is 10.8 Å². The minimum Gasteiger partial charge on any atom is -0.833 e. The topological polar surface area (TPSA) is 64.7 Å². The molecule has 1 aliphatic heterocycles. The number of nitrogens with zero attached hydrogens (tertiary/aromatic N) is 2. The van der Waals surface area contributed by atoms with E-state index in [1.165, 1.54) is 0 Å². The number of nitrogens with two attached hydrogens (primary N) is 1. The lowest BCUT2D eigenvalue weighted by atomic mass is 10.6. The Bertz CT molecular complexity index is 122. The molecular weight excluding hydrogens is 106 g/mol. The standard InChI is InChI=1S/C4H8N3O/c1-7-2-3(8)6-4(7)5/h3H,2H2,1H3,(H2,5,6)/q-1. The molecule has 0 saturated carbocycles. The molecule has 0 bridgehead atoms. The molecule has 4 nitrogen and oxygen atoms in total. The maximum Gasteiger partial charge on any atom is 0.189 e. The van der Waals surface area contributed by atoms with E-state index < -0.39 is 6.23 Å². The minimum absolute atomic E-state index is 0.352. The number of rotatable bonds is 0. The minimum atomic E-state index is -0.861. The van der Waals surface area contributed by atoms with Gasteiger partial charge in [-0.05, 0) is 6.23 Å². The van der Waals surface area contributed by atoms with Crippen LogP contribution in [0.3, 0.4) is 0 Å². The highest BCUT2D eigenvalue weighted by Gasteiger charge is 2.09. The highest BCUT2D eigenvalue weighted by atomic mass is 16.3. The molecule has 0 fully saturated rings. The summed E-state index contributed by atoms with van der Waals surface area (Å²) in [5.74, 6) is 0.352. The Labute approximate surface area is 47.6 Å². The van der Waals surface area contributed by atoms with E-state index in [9.17, 15) is 5.11 Å². The van der Waals surface area contributed by atoms with Crippen LogP contribution in [0.2, 0.25) is 0 Å². The van der Waals surface area contributed by atoms with Crippen LogP contribution >= 0.6 is 0 Å². The Balaban J connectivity index is 2.59. The molecule has 0 radical (unpaired) electrons. The Hall–Kier alpha value is -0.770. The van der Waals surface area contributed by atoms with E-state index in [0.717, 1.165) is 0 Å². The second kappa shape index (κ2) is 1.63. The zero-order chi connectivity index (χ0) is 6.15. The third-order valence-electron chi connectivity index (χ3n) is 1.10. The van der Waals surface area contributed by atoms with Gasteiger partial charge in [-0.2, -0.15) is 0 Å². The van der Waals surface area contributed by atoms with Crippen LogP contribution in [-0.2, 0) is 0 Å². The molecule has 0 aromatic rings. The molecule has 4 heteroatoms. The first-order valence-corrected chi connectivity index (χ1v) is 2.40. The second-order valence-corrected chi connectivity index (χ2v) is 1.82. The van der Waals surface area contributed by atoms with Crippen molar-refractivity contribution < 1.29 is 5.11 Å². The molecule has 2 N–H and O–H groups in total. The number of likely N-dealkylation sites (N-methyl/N-ethyl adjacent to an activating group) is 1. The molecule has 1 heterocycles. The zero-order valence-electron chi connectivity index (χ0n) is 4.66. The van der Waals surface area contributed by atoms with Crippen molar-refractivity contribution in [3.05, 3.63) is 0 Å². The predicted octanol–water partition coefficient (Wildman–Crippen LogP) is -2.07. The summed E-state index contributed by atoms with van der Waals surface area (Å²) < 4.78 is 0. The predicted molar refractivity (Wildman–Crippen MR) is 28.0 cm³/mol. The van der Waals surface area contributed by atoms with Gasteiger partial charge in [0.05, 0.1) is 0 Å². The van der Waals surface area contributed by atoms with Gasteiger partial charge in [0.1, 0.15) is 0 Å². The third-order valence-corrected chi connectivity index (χ3v) is 1.10. The highest BCUT2D eigenvalue weighted by Crippen LogP contribution is 1.95. The first-order valence-electron chi connectivity index (χ1n) is 2.40. The summed E-state index contributed by atoms with van der Waals surface area (Å²) in [5.41, 5.74) is 5.24. The molecule has 0 aromatic carbocycles. The van der Waals surface area contributed by atoms with Crippen molar-refractivity contribution in [2.75, 3.05) is 13.6 Å². The molecule has 8 heavy (non-hydrogen) atoms. The highest BCUT2D eigenvalue weighted by molar-refractivity contribution is 5.79. The maximum atomic E-state index is 10.4. The number of aliphatic imine (C=N–C) groups is 1. The van der Waals surface area contributed by atoms with E-state index in [1.807, 2.05) is 0 Å². The number of hydrogen-bond donors (Lipinski definition) is 1. The van der Waals surface area contributed by atoms with E-state index in [1.54, 1.807) is 11.9 Å². The third kappa shape index (κ3) is 0.742. The molecule has 0 spiro atoms. The monoisotopic (exact) mass is 114 g/mol. The number of hydrogen-bond acceptors (Lipinski definition) is 4. The van der Waals surface area contributed by atoms with Crippen LogP contribution in [0.15, 0.2) is 4.99 Å². The molecule has 0 aliphatic carbocycles. The van der Waals surface area contributed by atoms with Gasteiger partial charge < -0.3 is 15.7 Å². The average molecular weight is 114 g/mol. The quantitative estimate of drug-likeness (QED) is 0.393. The Morgan fingerprint density at radius 2 is 2.62 bits per heavy atom. The fourth-order valence-corrected chi connectivity index (χ4v) is 0.615. The SMILES string of the molecule is CN1CC([O-])N=C1N. The van der Waals surface area contributed by atoms with Crippen LogP contribution in [0.4, 0.5) is 0 Å². The molecular formula is C4H8N3O-. The summed E-state index contributed by atoms with van der Waals surface area (Å²) in [6.07, 6.45) is -0.861. The van der Waals surface area contributed by atoms with E-state index in [0.29, 0.717) is 12.5 Å². The van der Waals surface area contributed by atoms with E-state index in [4.69, 9.17) is 5.73 Å². The maximum absolute atomic E-state index is 10.4. The van der Waals surface area contributed by atoms with Gasteiger partial charge >= 0.3 is 0 Å². The fourth-order valence-electron chi connectivity index (χ4n) is 0.615. The lowest BCUT2D eigenvalue weighted by molar-refractivity contribution is -0.414. The molecule has 46 valence electrons. The van der Waals surface area contributed by atoms with Gasteiger partial charge in [0, 0.05) is 13.6 Å². The summed E-state index contributed by atoms with van der Waals surface area (Å²) in [6, 6.07) is 0. The van der Waals surface area contributed by atoms with Gasteiger partial charge in [-0.25, -0.2) is 0 Å². The van der Waals surface area contributed by atoms with Crippen LogP contribution in [0, 0.1) is 0 Å². The van der Waals surface area contributed by atoms with Gasteiger partial charge in [-0.15, -0.1) is 0 Å². The van der Waals surface area contributed by atoms with Gasteiger partial charge in [-0.3, -0.25) is 4.99 Å². The molecule has 1 rings (SSSR count). The van der Waals surface area contributed by atoms with E-state index in [2.05, 4.69) is 4.99 Å². The summed E-state index contributed by atoms with van der Waals surface area (Å²) in [4.78, 5) is 5.17. The molecule has 0 aromatic heterocycles. The van der Waals surface area contributed by atoms with Crippen molar-refractivity contribution in [2.24, 2.45) is 10.7 Å². The zero-order valence-corrected chi connectivity index (χ0v) is 4.66. The van der Waals surface area contributed by atoms with Crippen molar-refractivity contribution in [3.63, 3.8) is 0 Å². The smallest absolute Gasteiger partial charge is 0.189 e. The van der Waals surface area contributed by atoms with Gasteiger partial charge in [-0.1, -0.05) is 0 Å². The van der Waals surface area contributed by atoms with Crippen LogP contribution in [-0.4, -0.2) is 30.7 Å². The lowest BCUT2D eigenvalue weighted by Crippen LogP contribution is -2.33. The first-order chi connectivity index (χ1) is 3.70. The van der Waals surface area contributed by atoms with Crippen molar-refractivity contribution in [1.82, 2.24) is 4.90 Å². The number of guanidine groups is 1. The summed E-state index contributed by atoms with van der Waals surface area (Å²) in [7, 11) is 1.75. The van der Waals surface area contributed by atoms with Crippen molar-refractivity contribution in [3.8, 4) is 0 Å². The Morgan fingerprint density at radius 1 is 2.00 bits per heavy atom. The van der Waals surface area contributed by atoms with Crippen molar-refractivity contribution >= 4 is 5.96 Å². The normalized spacial score (nSPS) is 28.5.